The van der Waals surface area contributed by atoms with Crippen molar-refractivity contribution >= 4 is 65.4 Å². The Bertz CT molecular complexity index is 1760. The summed E-state index contributed by atoms with van der Waals surface area (Å²) >= 11 is 3.70. The Morgan fingerprint density at radius 1 is 0.824 bits per heavy atom. The molecule has 0 saturated heterocycles. The van der Waals surface area contributed by atoms with Gasteiger partial charge in [-0.3, -0.25) is 0 Å². The van der Waals surface area contributed by atoms with Crippen LogP contribution in [0.15, 0.2) is 106 Å². The lowest BCUT2D eigenvalue weighted by molar-refractivity contribution is 0.669. The number of rotatable bonds is 4. The molecule has 4 aromatic carbocycles. The first-order valence-electron chi connectivity index (χ1n) is 11.6. The maximum atomic E-state index is 6.08. The van der Waals surface area contributed by atoms with E-state index in [9.17, 15) is 0 Å². The molecule has 0 aliphatic carbocycles. The maximum absolute atomic E-state index is 6.08. The lowest BCUT2D eigenvalue weighted by Crippen LogP contribution is -1.92. The summed E-state index contributed by atoms with van der Waals surface area (Å²) in [5.74, 6) is 0. The zero-order chi connectivity index (χ0) is 23.2. The Hall–Kier alpha value is -3.56. The molecule has 2 aromatic heterocycles. The molecule has 6 rings (SSSR count). The molecule has 0 N–H and O–H groups in total. The van der Waals surface area contributed by atoms with Gasteiger partial charge in [-0.25, -0.2) is 0 Å². The van der Waals surface area contributed by atoms with Gasteiger partial charge in [0.15, 0.2) is 0 Å². The van der Waals surface area contributed by atoms with Crippen molar-refractivity contribution < 1.29 is 4.42 Å². The molecule has 2 nitrogen and oxygen atoms in total. The second kappa shape index (κ2) is 8.34. The largest absolute Gasteiger partial charge is 0.456 e. The smallest absolute Gasteiger partial charge is 0.136 e. The normalized spacial score (nSPS) is 12.7. The average molecular weight is 506 g/mol. The summed E-state index contributed by atoms with van der Waals surface area (Å²) in [5, 5.41) is 4.78. The SMILES string of the molecule is CC/C=C\C=C(/C)n1c2ccccc2c2cc(-c3ccc4oc5cccc(Br)c5c4c3)ccc21. The quantitative estimate of drug-likeness (QED) is 0.218. The van der Waals surface area contributed by atoms with Crippen molar-refractivity contribution in [3.8, 4) is 11.1 Å². The van der Waals surface area contributed by atoms with Crippen molar-refractivity contribution in [1.29, 1.82) is 0 Å². The molecule has 0 radical (unpaired) electrons. The van der Waals surface area contributed by atoms with Crippen molar-refractivity contribution in [1.82, 2.24) is 4.57 Å². The first-order valence-corrected chi connectivity index (χ1v) is 12.4. The van der Waals surface area contributed by atoms with Crippen molar-refractivity contribution in [3.05, 3.63) is 102 Å². The number of benzene rings is 4. The van der Waals surface area contributed by atoms with Crippen LogP contribution in [-0.2, 0) is 0 Å². The molecule has 34 heavy (non-hydrogen) atoms. The van der Waals surface area contributed by atoms with E-state index in [1.165, 1.54) is 38.6 Å². The van der Waals surface area contributed by atoms with Crippen LogP contribution in [0.25, 0.3) is 60.6 Å². The number of para-hydroxylation sites is 1. The summed E-state index contributed by atoms with van der Waals surface area (Å²) in [6, 6.07) is 28.0. The van der Waals surface area contributed by atoms with E-state index in [1.54, 1.807) is 0 Å². The van der Waals surface area contributed by atoms with Crippen molar-refractivity contribution in [2.45, 2.75) is 20.3 Å². The standard InChI is InChI=1S/C31H24BrNO/c1-3-4-5-9-20(2)33-27-12-7-6-10-23(27)24-18-21(14-16-28(24)33)22-15-17-29-25(19-22)31-26(32)11-8-13-30(31)34-29/h4-19H,3H2,1-2H3/b5-4-,20-9+. The fourth-order valence-corrected chi connectivity index (χ4v) is 5.48. The van der Waals surface area contributed by atoms with Crippen LogP contribution in [0.4, 0.5) is 0 Å². The Labute approximate surface area is 206 Å². The van der Waals surface area contributed by atoms with Gasteiger partial charge < -0.3 is 8.98 Å². The van der Waals surface area contributed by atoms with Gasteiger partial charge in [0.05, 0.1) is 11.0 Å². The predicted octanol–water partition coefficient (Wildman–Crippen LogP) is 9.95. The molecule has 0 bridgehead atoms. The number of fused-ring (bicyclic) bond motifs is 6. The van der Waals surface area contributed by atoms with Gasteiger partial charge in [0.1, 0.15) is 11.2 Å². The Kier molecular flexibility index (Phi) is 5.15. The molecule has 0 aliphatic heterocycles. The number of hydrogen-bond acceptors (Lipinski definition) is 1. The van der Waals surface area contributed by atoms with Crippen LogP contribution in [0.3, 0.4) is 0 Å². The second-order valence-electron chi connectivity index (χ2n) is 8.65. The minimum absolute atomic E-state index is 0.902. The highest BCUT2D eigenvalue weighted by Gasteiger charge is 2.14. The third-order valence-electron chi connectivity index (χ3n) is 6.51. The molecule has 2 heterocycles. The molecule has 166 valence electrons. The Balaban J connectivity index is 1.57. The number of hydrogen-bond donors (Lipinski definition) is 0. The van der Waals surface area contributed by atoms with Gasteiger partial charge in [-0.15, -0.1) is 0 Å². The zero-order valence-electron chi connectivity index (χ0n) is 19.2. The van der Waals surface area contributed by atoms with Crippen molar-refractivity contribution in [3.63, 3.8) is 0 Å². The van der Waals surface area contributed by atoms with E-state index in [2.05, 4.69) is 119 Å². The van der Waals surface area contributed by atoms with E-state index in [4.69, 9.17) is 4.42 Å². The van der Waals surface area contributed by atoms with Crippen LogP contribution in [0, 0.1) is 0 Å². The third-order valence-corrected chi connectivity index (χ3v) is 7.17. The van der Waals surface area contributed by atoms with E-state index in [0.29, 0.717) is 0 Å². The maximum Gasteiger partial charge on any atom is 0.136 e. The van der Waals surface area contributed by atoms with Crippen LogP contribution < -0.4 is 0 Å². The van der Waals surface area contributed by atoms with Crippen LogP contribution in [0.2, 0.25) is 0 Å². The molecule has 0 unspecified atom stereocenters. The number of nitrogens with zero attached hydrogens (tertiary/aromatic N) is 1. The first-order chi connectivity index (χ1) is 16.7. The summed E-state index contributed by atoms with van der Waals surface area (Å²) in [6.45, 7) is 4.33. The molecule has 0 fully saturated rings. The van der Waals surface area contributed by atoms with E-state index in [-0.39, 0.29) is 0 Å². The minimum Gasteiger partial charge on any atom is -0.456 e. The number of allylic oxidation sites excluding steroid dienone is 4. The van der Waals surface area contributed by atoms with Gasteiger partial charge in [0, 0.05) is 31.7 Å². The van der Waals surface area contributed by atoms with Gasteiger partial charge in [0.25, 0.3) is 0 Å². The summed E-state index contributed by atoms with van der Waals surface area (Å²) in [7, 11) is 0. The highest BCUT2D eigenvalue weighted by Crippen LogP contribution is 2.38. The fraction of sp³-hybridized carbons (Fsp3) is 0.0968. The number of halogens is 1. The number of aromatic nitrogens is 1. The zero-order valence-corrected chi connectivity index (χ0v) is 20.8. The van der Waals surface area contributed by atoms with Crippen molar-refractivity contribution in [2.24, 2.45) is 0 Å². The van der Waals surface area contributed by atoms with Crippen LogP contribution in [0.1, 0.15) is 20.3 Å². The van der Waals surface area contributed by atoms with Crippen molar-refractivity contribution in [2.75, 3.05) is 0 Å². The van der Waals surface area contributed by atoms with Crippen LogP contribution in [0.5, 0.6) is 0 Å². The molecule has 0 aliphatic rings. The highest BCUT2D eigenvalue weighted by molar-refractivity contribution is 9.10. The van der Waals surface area contributed by atoms with Gasteiger partial charge in [-0.2, -0.15) is 0 Å². The van der Waals surface area contributed by atoms with E-state index >= 15 is 0 Å². The van der Waals surface area contributed by atoms with E-state index in [1.807, 2.05) is 12.1 Å². The van der Waals surface area contributed by atoms with Crippen LogP contribution in [-0.4, -0.2) is 4.57 Å². The van der Waals surface area contributed by atoms with Gasteiger partial charge in [-0.05, 0) is 73.0 Å². The van der Waals surface area contributed by atoms with Crippen LogP contribution >= 0.6 is 15.9 Å². The lowest BCUT2D eigenvalue weighted by atomic mass is 10.0. The minimum atomic E-state index is 0.902. The monoisotopic (exact) mass is 505 g/mol. The summed E-state index contributed by atoms with van der Waals surface area (Å²) in [4.78, 5) is 0. The topological polar surface area (TPSA) is 18.1 Å². The van der Waals surface area contributed by atoms with Gasteiger partial charge in [-0.1, -0.05) is 71.4 Å². The lowest BCUT2D eigenvalue weighted by Gasteiger charge is -2.08. The highest BCUT2D eigenvalue weighted by atomic mass is 79.9. The second-order valence-corrected chi connectivity index (χ2v) is 9.51. The summed E-state index contributed by atoms with van der Waals surface area (Å²) in [6.07, 6.45) is 7.56. The van der Waals surface area contributed by atoms with E-state index in [0.717, 1.165) is 32.8 Å². The molecule has 0 spiro atoms. The molecule has 0 saturated carbocycles. The summed E-state index contributed by atoms with van der Waals surface area (Å²) < 4.78 is 9.49. The molecule has 0 atom stereocenters. The number of furan rings is 1. The summed E-state index contributed by atoms with van der Waals surface area (Å²) in [5.41, 5.74) is 7.85. The Morgan fingerprint density at radius 3 is 2.44 bits per heavy atom. The molecule has 0 amide bonds. The van der Waals surface area contributed by atoms with Gasteiger partial charge in [0.2, 0.25) is 0 Å². The average Bonchev–Trinajstić information content (AvgIpc) is 3.39. The third kappa shape index (κ3) is 3.31. The molecular formula is C31H24BrNO. The van der Waals surface area contributed by atoms with E-state index < -0.39 is 0 Å². The first kappa shape index (κ1) is 21.0. The predicted molar refractivity (Wildman–Crippen MR) is 149 cm³/mol. The van der Waals surface area contributed by atoms with Gasteiger partial charge >= 0.3 is 0 Å². The molecule has 3 heteroatoms. The Morgan fingerprint density at radius 2 is 1.59 bits per heavy atom. The molecular weight excluding hydrogens is 482 g/mol. The fourth-order valence-electron chi connectivity index (χ4n) is 4.91. The molecule has 6 aromatic rings.